The van der Waals surface area contributed by atoms with Crippen LogP contribution in [0.25, 0.3) is 0 Å². The monoisotopic (exact) mass is 302 g/mol. The summed E-state index contributed by atoms with van der Waals surface area (Å²) in [4.78, 5) is 11.7. The molecule has 0 aromatic rings. The molecule has 122 valence electrons. The summed E-state index contributed by atoms with van der Waals surface area (Å²) >= 11 is 0. The first-order valence-electron chi connectivity index (χ1n) is 9.17. The van der Waals surface area contributed by atoms with Gasteiger partial charge in [0.25, 0.3) is 0 Å². The van der Waals surface area contributed by atoms with Crippen LogP contribution in [0.3, 0.4) is 0 Å². The molecule has 3 aliphatic rings. The second kappa shape index (κ2) is 5.96. The maximum atomic E-state index is 11.7. The normalized spacial score (nSPS) is 36.5. The van der Waals surface area contributed by atoms with Crippen molar-refractivity contribution in [3.8, 4) is 0 Å². The highest BCUT2D eigenvalue weighted by Crippen LogP contribution is 2.57. The van der Waals surface area contributed by atoms with Crippen LogP contribution in [0.1, 0.15) is 72.1 Å². The van der Waals surface area contributed by atoms with Crippen molar-refractivity contribution in [3.05, 3.63) is 22.8 Å². The van der Waals surface area contributed by atoms with E-state index in [1.54, 1.807) is 5.57 Å². The van der Waals surface area contributed by atoms with Crippen molar-refractivity contribution < 1.29 is 9.90 Å². The van der Waals surface area contributed by atoms with E-state index in [9.17, 15) is 9.90 Å². The average molecular weight is 302 g/mol. The Kier molecular flexibility index (Phi) is 4.33. The van der Waals surface area contributed by atoms with Crippen LogP contribution < -0.4 is 0 Å². The molecule has 2 heteroatoms. The van der Waals surface area contributed by atoms with E-state index >= 15 is 0 Å². The molecule has 22 heavy (non-hydrogen) atoms. The number of carbonyl (C=O) groups excluding carboxylic acids is 1. The van der Waals surface area contributed by atoms with Crippen LogP contribution in [0.5, 0.6) is 0 Å². The van der Waals surface area contributed by atoms with E-state index in [0.29, 0.717) is 24.0 Å². The Morgan fingerprint density at radius 3 is 2.68 bits per heavy atom. The lowest BCUT2D eigenvalue weighted by Gasteiger charge is -2.53. The molecule has 3 rings (SSSR count). The lowest BCUT2D eigenvalue weighted by atomic mass is 9.53. The largest absolute Gasteiger partial charge is 0.393 e. The highest BCUT2D eigenvalue weighted by molar-refractivity contribution is 5.93. The molecule has 0 aliphatic heterocycles. The van der Waals surface area contributed by atoms with Gasteiger partial charge in [-0.15, -0.1) is 0 Å². The average Bonchev–Trinajstić information content (AvgIpc) is 2.52. The van der Waals surface area contributed by atoms with Crippen molar-refractivity contribution in [1.82, 2.24) is 0 Å². The molecule has 1 N–H and O–H groups in total. The van der Waals surface area contributed by atoms with Crippen molar-refractivity contribution in [1.29, 1.82) is 0 Å². The SMILES string of the molecule is CCC1[C@@H]2CCC3=CC(=O)CCC3=C2CCC1(CC)C(C)O. The predicted octanol–water partition coefficient (Wildman–Crippen LogP) is 4.58. The van der Waals surface area contributed by atoms with Gasteiger partial charge in [0.1, 0.15) is 0 Å². The fourth-order valence-corrected chi connectivity index (χ4v) is 5.74. The Morgan fingerprint density at radius 2 is 2.05 bits per heavy atom. The molecular weight excluding hydrogens is 272 g/mol. The number of carbonyl (C=O) groups is 1. The third-order valence-electron chi connectivity index (χ3n) is 6.92. The lowest BCUT2D eigenvalue weighted by molar-refractivity contribution is -0.114. The summed E-state index contributed by atoms with van der Waals surface area (Å²) in [5.74, 6) is 1.54. The summed E-state index contributed by atoms with van der Waals surface area (Å²) < 4.78 is 0. The van der Waals surface area contributed by atoms with E-state index in [1.807, 2.05) is 13.0 Å². The van der Waals surface area contributed by atoms with Gasteiger partial charge in [-0.3, -0.25) is 4.79 Å². The van der Waals surface area contributed by atoms with Crippen molar-refractivity contribution in [3.63, 3.8) is 0 Å². The Morgan fingerprint density at radius 1 is 1.27 bits per heavy atom. The molecule has 0 saturated heterocycles. The number of rotatable bonds is 3. The minimum atomic E-state index is -0.223. The Bertz CT molecular complexity index is 526. The summed E-state index contributed by atoms with van der Waals surface area (Å²) in [7, 11) is 0. The summed E-state index contributed by atoms with van der Waals surface area (Å²) in [6.07, 6.45) is 10.0. The zero-order chi connectivity index (χ0) is 15.9. The Hall–Kier alpha value is -0.890. The van der Waals surface area contributed by atoms with Gasteiger partial charge >= 0.3 is 0 Å². The minimum absolute atomic E-state index is 0.0924. The molecule has 1 saturated carbocycles. The standard InChI is InChI=1S/C20H30O2/c1-4-19-18-8-6-14-12-15(22)7-9-16(14)17(18)10-11-20(19,5-2)13(3)21/h12-13,18-19,21H,4-11H2,1-3H3/t13?,18-,19?,20?/m1/s1. The van der Waals surface area contributed by atoms with E-state index in [0.717, 1.165) is 38.5 Å². The minimum Gasteiger partial charge on any atom is -0.393 e. The molecule has 4 atom stereocenters. The van der Waals surface area contributed by atoms with E-state index in [1.165, 1.54) is 17.6 Å². The fraction of sp³-hybridized carbons (Fsp3) is 0.750. The first-order valence-corrected chi connectivity index (χ1v) is 9.17. The van der Waals surface area contributed by atoms with Crippen molar-refractivity contribution >= 4 is 5.78 Å². The zero-order valence-corrected chi connectivity index (χ0v) is 14.3. The van der Waals surface area contributed by atoms with Gasteiger partial charge in [-0.2, -0.15) is 0 Å². The molecule has 3 unspecified atom stereocenters. The number of aliphatic hydroxyl groups is 1. The first-order chi connectivity index (χ1) is 10.5. The van der Waals surface area contributed by atoms with Crippen LogP contribution >= 0.6 is 0 Å². The predicted molar refractivity (Wildman–Crippen MR) is 89.5 cm³/mol. The molecule has 0 radical (unpaired) electrons. The van der Waals surface area contributed by atoms with E-state index < -0.39 is 0 Å². The highest BCUT2D eigenvalue weighted by Gasteiger charge is 2.49. The van der Waals surface area contributed by atoms with E-state index in [-0.39, 0.29) is 11.5 Å². The Labute approximate surface area is 134 Å². The third-order valence-corrected chi connectivity index (χ3v) is 6.92. The lowest BCUT2D eigenvalue weighted by Crippen LogP contribution is -2.47. The number of hydrogen-bond donors (Lipinski definition) is 1. The van der Waals surface area contributed by atoms with Gasteiger partial charge in [0.2, 0.25) is 0 Å². The van der Waals surface area contributed by atoms with Gasteiger partial charge in [0, 0.05) is 6.42 Å². The number of hydrogen-bond acceptors (Lipinski definition) is 2. The number of aliphatic hydroxyl groups excluding tert-OH is 1. The van der Waals surface area contributed by atoms with Crippen LogP contribution in [-0.4, -0.2) is 17.0 Å². The topological polar surface area (TPSA) is 37.3 Å². The molecular formula is C20H30O2. The second-order valence-electron chi connectivity index (χ2n) is 7.56. The summed E-state index contributed by atoms with van der Waals surface area (Å²) in [6.45, 7) is 6.54. The van der Waals surface area contributed by atoms with Crippen molar-refractivity contribution in [2.75, 3.05) is 0 Å². The molecule has 0 bridgehead atoms. The van der Waals surface area contributed by atoms with Crippen LogP contribution in [-0.2, 0) is 4.79 Å². The molecule has 0 spiro atoms. The highest BCUT2D eigenvalue weighted by atomic mass is 16.3. The van der Waals surface area contributed by atoms with Crippen LogP contribution in [0.15, 0.2) is 22.8 Å². The third kappa shape index (κ3) is 2.31. The number of allylic oxidation sites excluding steroid dienone is 4. The number of ketones is 1. The molecule has 0 aromatic heterocycles. The number of fused-ring (bicyclic) bond motifs is 2. The van der Waals surface area contributed by atoms with Gasteiger partial charge in [-0.25, -0.2) is 0 Å². The van der Waals surface area contributed by atoms with Crippen LogP contribution in [0.4, 0.5) is 0 Å². The van der Waals surface area contributed by atoms with Crippen LogP contribution in [0, 0.1) is 17.3 Å². The van der Waals surface area contributed by atoms with Gasteiger partial charge in [-0.1, -0.05) is 25.8 Å². The Balaban J connectivity index is 2.01. The molecule has 2 nitrogen and oxygen atoms in total. The van der Waals surface area contributed by atoms with E-state index in [4.69, 9.17) is 0 Å². The van der Waals surface area contributed by atoms with Crippen molar-refractivity contribution in [2.45, 2.75) is 78.2 Å². The molecule has 0 heterocycles. The van der Waals surface area contributed by atoms with Crippen molar-refractivity contribution in [2.24, 2.45) is 17.3 Å². The second-order valence-corrected chi connectivity index (χ2v) is 7.56. The molecule has 1 fully saturated rings. The molecule has 3 aliphatic carbocycles. The smallest absolute Gasteiger partial charge is 0.156 e. The first kappa shape index (κ1) is 16.0. The zero-order valence-electron chi connectivity index (χ0n) is 14.3. The van der Waals surface area contributed by atoms with Gasteiger partial charge < -0.3 is 5.11 Å². The van der Waals surface area contributed by atoms with E-state index in [2.05, 4.69) is 13.8 Å². The summed E-state index contributed by atoms with van der Waals surface area (Å²) in [5, 5.41) is 10.5. The van der Waals surface area contributed by atoms with Gasteiger partial charge in [-0.05, 0) is 79.9 Å². The van der Waals surface area contributed by atoms with Gasteiger partial charge in [0.15, 0.2) is 5.78 Å². The quantitative estimate of drug-likeness (QED) is 0.828. The fourth-order valence-electron chi connectivity index (χ4n) is 5.74. The van der Waals surface area contributed by atoms with Gasteiger partial charge in [0.05, 0.1) is 6.10 Å². The van der Waals surface area contributed by atoms with Crippen LogP contribution in [0.2, 0.25) is 0 Å². The summed E-state index contributed by atoms with van der Waals surface area (Å²) in [6, 6.07) is 0. The molecule has 0 amide bonds. The maximum Gasteiger partial charge on any atom is 0.156 e. The summed E-state index contributed by atoms with van der Waals surface area (Å²) in [5.41, 5.74) is 4.58. The maximum absolute atomic E-state index is 11.7. The molecule has 0 aromatic carbocycles.